The molecule has 0 fully saturated rings. The Hall–Kier alpha value is -3.18. The molecule has 0 saturated carbocycles. The molecule has 0 unspecified atom stereocenters. The van der Waals surface area contributed by atoms with Crippen LogP contribution in [-0.4, -0.2) is 39.2 Å². The summed E-state index contributed by atoms with van der Waals surface area (Å²) in [5, 5.41) is 25.3. The van der Waals surface area contributed by atoms with E-state index < -0.39 is 30.7 Å². The van der Waals surface area contributed by atoms with Crippen LogP contribution in [0, 0.1) is 0 Å². The molecule has 0 spiro atoms. The van der Waals surface area contributed by atoms with Crippen molar-refractivity contribution < 1.29 is 32.5 Å². The number of aryl methyl sites for hydroxylation is 1. The predicted molar refractivity (Wildman–Crippen MR) is 105 cm³/mol. The second-order valence-electron chi connectivity index (χ2n) is 6.87. The number of carbonyl (C=O) groups excluding carboxylic acids is 1. The first-order valence-electron chi connectivity index (χ1n) is 9.42. The highest BCUT2D eigenvalue weighted by Gasteiger charge is 2.31. The summed E-state index contributed by atoms with van der Waals surface area (Å²) in [5.41, 5.74) is 0.0861. The third-order valence-electron chi connectivity index (χ3n) is 4.48. The molecule has 7 nitrogen and oxygen atoms in total. The lowest BCUT2D eigenvalue weighted by Gasteiger charge is -2.18. The lowest BCUT2D eigenvalue weighted by molar-refractivity contribution is -0.137. The van der Waals surface area contributed by atoms with Gasteiger partial charge in [-0.2, -0.15) is 18.2 Å². The van der Waals surface area contributed by atoms with E-state index in [2.05, 4.69) is 15.5 Å². The second kappa shape index (κ2) is 9.75. The van der Waals surface area contributed by atoms with Crippen molar-refractivity contribution in [2.45, 2.75) is 31.4 Å². The molecule has 0 aliphatic rings. The fourth-order valence-corrected chi connectivity index (χ4v) is 2.92. The van der Waals surface area contributed by atoms with Crippen LogP contribution in [-0.2, 0) is 23.8 Å². The van der Waals surface area contributed by atoms with Crippen LogP contribution in [0.5, 0.6) is 0 Å². The van der Waals surface area contributed by atoms with E-state index in [0.717, 1.165) is 17.7 Å². The number of alkyl halides is 3. The van der Waals surface area contributed by atoms with Gasteiger partial charge in [0.1, 0.15) is 0 Å². The summed E-state index contributed by atoms with van der Waals surface area (Å²) in [6.45, 7) is 0. The van der Waals surface area contributed by atoms with Crippen molar-refractivity contribution >= 4 is 13.0 Å². The molecule has 0 aliphatic carbocycles. The average Bonchev–Trinajstić information content (AvgIpc) is 3.21. The minimum Gasteiger partial charge on any atom is -0.426 e. The quantitative estimate of drug-likeness (QED) is 0.471. The van der Waals surface area contributed by atoms with Crippen molar-refractivity contribution in [1.82, 2.24) is 15.5 Å². The topological polar surface area (TPSA) is 108 Å². The number of halogens is 3. The highest BCUT2D eigenvalue weighted by molar-refractivity contribution is 6.43. The maximum absolute atomic E-state index is 12.9. The molecule has 1 heterocycles. The molecule has 0 saturated heterocycles. The molecule has 0 radical (unpaired) electrons. The Morgan fingerprint density at radius 1 is 1.13 bits per heavy atom. The molecule has 3 aromatic rings. The SMILES string of the molecule is O=C(CCc1noc(-c2ccccc2)n1)N[C@@H](Cc1cccc(C(F)(F)F)c1)B(O)O. The lowest BCUT2D eigenvalue weighted by atomic mass is 9.75. The lowest BCUT2D eigenvalue weighted by Crippen LogP contribution is -2.48. The van der Waals surface area contributed by atoms with Gasteiger partial charge < -0.3 is 19.9 Å². The van der Waals surface area contributed by atoms with Gasteiger partial charge >= 0.3 is 13.3 Å². The van der Waals surface area contributed by atoms with Gasteiger partial charge in [-0.1, -0.05) is 41.6 Å². The van der Waals surface area contributed by atoms with Gasteiger partial charge in [0.2, 0.25) is 5.91 Å². The average molecular weight is 433 g/mol. The number of carbonyl (C=O) groups is 1. The zero-order valence-corrected chi connectivity index (χ0v) is 16.2. The monoisotopic (exact) mass is 433 g/mol. The van der Waals surface area contributed by atoms with Crippen LogP contribution in [0.15, 0.2) is 59.1 Å². The van der Waals surface area contributed by atoms with E-state index in [1.165, 1.54) is 12.1 Å². The third-order valence-corrected chi connectivity index (χ3v) is 4.48. The summed E-state index contributed by atoms with van der Waals surface area (Å²) in [4.78, 5) is 16.4. The third kappa shape index (κ3) is 6.40. The van der Waals surface area contributed by atoms with E-state index in [-0.39, 0.29) is 24.8 Å². The molecule has 11 heteroatoms. The van der Waals surface area contributed by atoms with Gasteiger partial charge in [-0.15, -0.1) is 0 Å². The predicted octanol–water partition coefficient (Wildman–Crippen LogP) is 2.43. The van der Waals surface area contributed by atoms with Crippen LogP contribution in [0.4, 0.5) is 13.2 Å². The molecule has 1 aromatic heterocycles. The van der Waals surface area contributed by atoms with Gasteiger partial charge in [0.05, 0.1) is 11.5 Å². The molecule has 31 heavy (non-hydrogen) atoms. The van der Waals surface area contributed by atoms with E-state index in [9.17, 15) is 28.0 Å². The largest absolute Gasteiger partial charge is 0.475 e. The molecule has 1 atom stereocenters. The minimum absolute atomic E-state index is 0.0699. The Balaban J connectivity index is 1.57. The van der Waals surface area contributed by atoms with Crippen LogP contribution in [0.1, 0.15) is 23.4 Å². The summed E-state index contributed by atoms with van der Waals surface area (Å²) in [6, 6.07) is 13.5. The maximum atomic E-state index is 12.9. The number of hydrogen-bond donors (Lipinski definition) is 3. The summed E-state index contributed by atoms with van der Waals surface area (Å²) < 4.78 is 43.7. The van der Waals surface area contributed by atoms with E-state index in [4.69, 9.17) is 4.52 Å². The van der Waals surface area contributed by atoms with Gasteiger partial charge in [-0.25, -0.2) is 0 Å². The van der Waals surface area contributed by atoms with Crippen LogP contribution in [0.25, 0.3) is 11.5 Å². The van der Waals surface area contributed by atoms with Gasteiger partial charge in [0, 0.05) is 18.4 Å². The normalized spacial score (nSPS) is 12.4. The van der Waals surface area contributed by atoms with Crippen molar-refractivity contribution in [3.8, 4) is 11.5 Å². The fourth-order valence-electron chi connectivity index (χ4n) is 2.92. The van der Waals surface area contributed by atoms with Gasteiger partial charge in [-0.05, 0) is 30.2 Å². The van der Waals surface area contributed by atoms with Crippen molar-refractivity contribution in [2.75, 3.05) is 0 Å². The van der Waals surface area contributed by atoms with E-state index in [1.54, 1.807) is 12.1 Å². The first kappa shape index (κ1) is 22.5. The van der Waals surface area contributed by atoms with Crippen molar-refractivity contribution in [3.63, 3.8) is 0 Å². The van der Waals surface area contributed by atoms with E-state index >= 15 is 0 Å². The Kier molecular flexibility index (Phi) is 7.08. The Morgan fingerprint density at radius 2 is 1.87 bits per heavy atom. The molecule has 0 bridgehead atoms. The van der Waals surface area contributed by atoms with Crippen LogP contribution in [0.3, 0.4) is 0 Å². The number of nitrogens with zero attached hydrogens (tertiary/aromatic N) is 2. The second-order valence-corrected chi connectivity index (χ2v) is 6.87. The number of hydrogen-bond acceptors (Lipinski definition) is 6. The Labute approximate surface area is 176 Å². The number of amides is 1. The highest BCUT2D eigenvalue weighted by atomic mass is 19.4. The molecule has 162 valence electrons. The first-order chi connectivity index (χ1) is 14.7. The molecule has 3 N–H and O–H groups in total. The van der Waals surface area contributed by atoms with Gasteiger partial charge in [0.25, 0.3) is 5.89 Å². The molecular formula is C20H19BF3N3O4. The van der Waals surface area contributed by atoms with Crippen molar-refractivity contribution in [2.24, 2.45) is 0 Å². The Morgan fingerprint density at radius 3 is 2.55 bits per heavy atom. The summed E-state index contributed by atoms with van der Waals surface area (Å²) in [7, 11) is -1.95. The van der Waals surface area contributed by atoms with Gasteiger partial charge in [0.15, 0.2) is 5.82 Å². The van der Waals surface area contributed by atoms with Crippen molar-refractivity contribution in [3.05, 3.63) is 71.5 Å². The minimum atomic E-state index is -4.52. The molecule has 2 aromatic carbocycles. The fraction of sp³-hybridized carbons (Fsp3) is 0.250. The zero-order chi connectivity index (χ0) is 22.4. The smallest absolute Gasteiger partial charge is 0.426 e. The van der Waals surface area contributed by atoms with E-state index in [0.29, 0.717) is 11.7 Å². The number of benzene rings is 2. The Bertz CT molecular complexity index is 1010. The van der Waals surface area contributed by atoms with Gasteiger partial charge in [-0.3, -0.25) is 4.79 Å². The molecule has 3 rings (SSSR count). The number of aromatic nitrogens is 2. The zero-order valence-electron chi connectivity index (χ0n) is 16.2. The number of nitrogens with one attached hydrogen (secondary N) is 1. The standard InChI is InChI=1S/C20H19BF3N3O4/c22-20(23,24)15-8-4-5-13(11-15)12-16(21(29)30)25-18(28)10-9-17-26-19(31-27-17)14-6-2-1-3-7-14/h1-8,11,16,29-30H,9-10,12H2,(H,25,28)/t16-/m0/s1. The summed E-state index contributed by atoms with van der Waals surface area (Å²) in [6.07, 6.45) is -4.64. The van der Waals surface area contributed by atoms with Crippen LogP contribution >= 0.6 is 0 Å². The molecular weight excluding hydrogens is 414 g/mol. The summed E-state index contributed by atoms with van der Waals surface area (Å²) >= 11 is 0. The molecule has 0 aliphatic heterocycles. The maximum Gasteiger partial charge on any atom is 0.475 e. The van der Waals surface area contributed by atoms with Crippen LogP contribution < -0.4 is 5.32 Å². The van der Waals surface area contributed by atoms with Crippen molar-refractivity contribution in [1.29, 1.82) is 0 Å². The number of rotatable bonds is 8. The van der Waals surface area contributed by atoms with Crippen LogP contribution in [0.2, 0.25) is 0 Å². The first-order valence-corrected chi connectivity index (χ1v) is 9.42. The highest BCUT2D eigenvalue weighted by Crippen LogP contribution is 2.29. The van der Waals surface area contributed by atoms with E-state index in [1.807, 2.05) is 18.2 Å². The molecule has 1 amide bonds. The summed E-state index contributed by atoms with van der Waals surface area (Å²) in [5.74, 6) is -1.10.